The number of hydrogen-bond acceptors (Lipinski definition) is 4. The molecule has 0 spiro atoms. The molecule has 0 fully saturated rings. The normalized spacial score (nSPS) is 9.81. The molecule has 0 amide bonds. The minimum Gasteiger partial charge on any atom is -0.493 e. The second-order valence-electron chi connectivity index (χ2n) is 2.97. The van der Waals surface area contributed by atoms with Crippen LogP contribution in [-0.2, 0) is 5.88 Å². The summed E-state index contributed by atoms with van der Waals surface area (Å²) in [6.07, 6.45) is 0. The van der Waals surface area contributed by atoms with Gasteiger partial charge in [-0.3, -0.25) is 0 Å². The van der Waals surface area contributed by atoms with Gasteiger partial charge in [-0.15, -0.1) is 11.6 Å². The maximum atomic E-state index is 5.83. The van der Waals surface area contributed by atoms with E-state index in [1.54, 1.807) is 27.4 Å². The highest BCUT2D eigenvalue weighted by Gasteiger charge is 2.20. The molecule has 16 heavy (non-hydrogen) atoms. The van der Waals surface area contributed by atoms with Gasteiger partial charge in [0.2, 0.25) is 11.5 Å². The lowest BCUT2D eigenvalue weighted by atomic mass is 10.1. The number of rotatable bonds is 5. The molecular formula is C11H15ClO4. The largest absolute Gasteiger partial charge is 0.493 e. The average molecular weight is 247 g/mol. The third kappa shape index (κ3) is 2.11. The van der Waals surface area contributed by atoms with Crippen molar-refractivity contribution in [1.82, 2.24) is 0 Å². The summed E-state index contributed by atoms with van der Waals surface area (Å²) in [5, 5.41) is 0. The lowest BCUT2D eigenvalue weighted by Crippen LogP contribution is -2.00. The average Bonchev–Trinajstić information content (AvgIpc) is 2.35. The first-order valence-electron chi connectivity index (χ1n) is 4.65. The Morgan fingerprint density at radius 2 is 1.44 bits per heavy atom. The maximum Gasteiger partial charge on any atom is 0.207 e. The molecule has 5 heteroatoms. The van der Waals surface area contributed by atoms with Crippen LogP contribution in [0.2, 0.25) is 0 Å². The molecular weight excluding hydrogens is 232 g/mol. The summed E-state index contributed by atoms with van der Waals surface area (Å²) < 4.78 is 20.9. The van der Waals surface area contributed by atoms with Gasteiger partial charge in [0.15, 0.2) is 11.5 Å². The van der Waals surface area contributed by atoms with Crippen LogP contribution in [0.3, 0.4) is 0 Å². The topological polar surface area (TPSA) is 36.9 Å². The summed E-state index contributed by atoms with van der Waals surface area (Å²) in [6, 6.07) is 1.77. The van der Waals surface area contributed by atoms with Crippen LogP contribution >= 0.6 is 11.6 Å². The van der Waals surface area contributed by atoms with Crippen molar-refractivity contribution in [1.29, 1.82) is 0 Å². The maximum absolute atomic E-state index is 5.83. The van der Waals surface area contributed by atoms with E-state index in [1.807, 2.05) is 0 Å². The van der Waals surface area contributed by atoms with Crippen molar-refractivity contribution in [2.24, 2.45) is 0 Å². The third-order valence-corrected chi connectivity index (χ3v) is 2.50. The summed E-state index contributed by atoms with van der Waals surface area (Å²) in [5.74, 6) is 2.42. The van der Waals surface area contributed by atoms with Gasteiger partial charge in [0.1, 0.15) is 0 Å². The molecule has 1 rings (SSSR count). The van der Waals surface area contributed by atoms with Crippen LogP contribution in [0.15, 0.2) is 6.07 Å². The Kier molecular flexibility index (Phi) is 4.55. The highest BCUT2D eigenvalue weighted by Crippen LogP contribution is 2.46. The lowest BCUT2D eigenvalue weighted by molar-refractivity contribution is 0.304. The molecule has 0 atom stereocenters. The molecule has 0 radical (unpaired) electrons. The van der Waals surface area contributed by atoms with Gasteiger partial charge >= 0.3 is 0 Å². The quantitative estimate of drug-likeness (QED) is 0.748. The van der Waals surface area contributed by atoms with Gasteiger partial charge in [-0.25, -0.2) is 0 Å². The summed E-state index contributed by atoms with van der Waals surface area (Å²) in [7, 11) is 6.19. The standard InChI is InChI=1S/C11H15ClO4/c1-13-8-5-7(6-12)9(14-2)11(16-4)10(8)15-3/h5H,6H2,1-4H3. The summed E-state index contributed by atoms with van der Waals surface area (Å²) in [5.41, 5.74) is 0.790. The van der Waals surface area contributed by atoms with Gasteiger partial charge in [0, 0.05) is 5.56 Å². The van der Waals surface area contributed by atoms with Crippen LogP contribution in [0.5, 0.6) is 23.0 Å². The van der Waals surface area contributed by atoms with E-state index >= 15 is 0 Å². The molecule has 0 aromatic heterocycles. The van der Waals surface area contributed by atoms with Crippen molar-refractivity contribution in [2.75, 3.05) is 28.4 Å². The van der Waals surface area contributed by atoms with Gasteiger partial charge in [-0.2, -0.15) is 0 Å². The summed E-state index contributed by atoms with van der Waals surface area (Å²) >= 11 is 5.83. The fraction of sp³-hybridized carbons (Fsp3) is 0.455. The zero-order valence-electron chi connectivity index (χ0n) is 9.80. The molecule has 1 aromatic carbocycles. The Bertz CT molecular complexity index is 335. The molecule has 4 nitrogen and oxygen atoms in total. The minimum absolute atomic E-state index is 0.305. The first-order chi connectivity index (χ1) is 7.73. The van der Waals surface area contributed by atoms with Crippen molar-refractivity contribution in [3.05, 3.63) is 11.6 Å². The fourth-order valence-electron chi connectivity index (χ4n) is 1.50. The molecule has 0 N–H and O–H groups in total. The van der Waals surface area contributed by atoms with E-state index in [9.17, 15) is 0 Å². The van der Waals surface area contributed by atoms with E-state index < -0.39 is 0 Å². The number of halogens is 1. The highest BCUT2D eigenvalue weighted by molar-refractivity contribution is 6.17. The van der Waals surface area contributed by atoms with Gasteiger partial charge < -0.3 is 18.9 Å². The SMILES string of the molecule is COc1cc(CCl)c(OC)c(OC)c1OC. The van der Waals surface area contributed by atoms with Crippen LogP contribution in [0.4, 0.5) is 0 Å². The van der Waals surface area contributed by atoms with Gasteiger partial charge in [0.05, 0.1) is 34.3 Å². The molecule has 0 aliphatic rings. The number of ether oxygens (including phenoxy) is 4. The molecule has 0 aliphatic carbocycles. The van der Waals surface area contributed by atoms with E-state index in [0.717, 1.165) is 5.56 Å². The second kappa shape index (κ2) is 5.70. The molecule has 0 bridgehead atoms. The summed E-state index contributed by atoms with van der Waals surface area (Å²) in [4.78, 5) is 0. The van der Waals surface area contributed by atoms with E-state index in [1.165, 1.54) is 7.11 Å². The van der Waals surface area contributed by atoms with Crippen LogP contribution in [-0.4, -0.2) is 28.4 Å². The molecule has 0 aliphatic heterocycles. The summed E-state index contributed by atoms with van der Waals surface area (Å²) in [6.45, 7) is 0. The second-order valence-corrected chi connectivity index (χ2v) is 3.24. The van der Waals surface area contributed by atoms with Gasteiger partial charge in [-0.05, 0) is 6.07 Å². The van der Waals surface area contributed by atoms with Crippen LogP contribution in [0.25, 0.3) is 0 Å². The van der Waals surface area contributed by atoms with Gasteiger partial charge in [0.25, 0.3) is 0 Å². The highest BCUT2D eigenvalue weighted by atomic mass is 35.5. The lowest BCUT2D eigenvalue weighted by Gasteiger charge is -2.17. The first kappa shape index (κ1) is 12.8. The number of benzene rings is 1. The Labute approximate surface area is 100 Å². The van der Waals surface area contributed by atoms with Crippen molar-refractivity contribution in [2.45, 2.75) is 5.88 Å². The molecule has 0 saturated heterocycles. The Morgan fingerprint density at radius 1 is 0.875 bits per heavy atom. The van der Waals surface area contributed by atoms with Crippen LogP contribution in [0.1, 0.15) is 5.56 Å². The molecule has 0 saturated carbocycles. The van der Waals surface area contributed by atoms with Crippen molar-refractivity contribution in [3.8, 4) is 23.0 Å². The molecule has 1 aromatic rings. The van der Waals surface area contributed by atoms with E-state index in [-0.39, 0.29) is 0 Å². The molecule has 0 unspecified atom stereocenters. The Balaban J connectivity index is 3.47. The zero-order valence-corrected chi connectivity index (χ0v) is 10.6. The van der Waals surface area contributed by atoms with Crippen molar-refractivity contribution < 1.29 is 18.9 Å². The van der Waals surface area contributed by atoms with E-state index in [0.29, 0.717) is 28.9 Å². The predicted octanol–water partition coefficient (Wildman–Crippen LogP) is 2.46. The fourth-order valence-corrected chi connectivity index (χ4v) is 1.70. The molecule has 0 heterocycles. The van der Waals surface area contributed by atoms with Crippen LogP contribution in [0, 0.1) is 0 Å². The van der Waals surface area contributed by atoms with Crippen molar-refractivity contribution >= 4 is 11.6 Å². The smallest absolute Gasteiger partial charge is 0.207 e. The number of alkyl halides is 1. The van der Waals surface area contributed by atoms with Gasteiger partial charge in [-0.1, -0.05) is 0 Å². The minimum atomic E-state index is 0.305. The first-order valence-corrected chi connectivity index (χ1v) is 5.18. The van der Waals surface area contributed by atoms with E-state index in [4.69, 9.17) is 30.5 Å². The Morgan fingerprint density at radius 3 is 1.81 bits per heavy atom. The van der Waals surface area contributed by atoms with E-state index in [2.05, 4.69) is 0 Å². The molecule has 90 valence electrons. The van der Waals surface area contributed by atoms with Crippen LogP contribution < -0.4 is 18.9 Å². The predicted molar refractivity (Wildman–Crippen MR) is 62.2 cm³/mol. The van der Waals surface area contributed by atoms with Crippen molar-refractivity contribution in [3.63, 3.8) is 0 Å². The monoisotopic (exact) mass is 246 g/mol. The number of hydrogen-bond donors (Lipinski definition) is 0. The number of methoxy groups -OCH3 is 4. The Hall–Kier alpha value is -1.29. The zero-order chi connectivity index (χ0) is 12.1. The third-order valence-electron chi connectivity index (χ3n) is 2.21.